The van der Waals surface area contributed by atoms with E-state index >= 15 is 0 Å². The molecule has 1 aromatic rings. The van der Waals surface area contributed by atoms with Gasteiger partial charge in [-0.25, -0.2) is 4.98 Å². The Bertz CT molecular complexity index is 358. The molecule has 4 heteroatoms. The Hall–Kier alpha value is -1.19. The van der Waals surface area contributed by atoms with Gasteiger partial charge in [0.25, 0.3) is 0 Å². The van der Waals surface area contributed by atoms with Crippen LogP contribution in [0.1, 0.15) is 69.4 Å². The van der Waals surface area contributed by atoms with Crippen LogP contribution in [-0.2, 0) is 0 Å². The third kappa shape index (κ3) is 2.31. The Kier molecular flexibility index (Phi) is 3.36. The van der Waals surface area contributed by atoms with E-state index in [4.69, 9.17) is 5.73 Å². The average Bonchev–Trinajstić information content (AvgIpc) is 2.80. The van der Waals surface area contributed by atoms with Crippen molar-refractivity contribution in [3.05, 3.63) is 11.6 Å². The predicted octanol–water partition coefficient (Wildman–Crippen LogP) is 2.62. The summed E-state index contributed by atoms with van der Waals surface area (Å²) in [5.74, 6) is 3.03. The van der Waals surface area contributed by atoms with E-state index in [2.05, 4.69) is 28.8 Å². The molecule has 0 radical (unpaired) electrons. The predicted molar refractivity (Wildman–Crippen MR) is 64.2 cm³/mol. The third-order valence-corrected chi connectivity index (χ3v) is 3.46. The molecule has 2 N–H and O–H groups in total. The average molecular weight is 220 g/mol. The molecule has 0 amide bonds. The van der Waals surface area contributed by atoms with Crippen molar-refractivity contribution in [2.45, 2.75) is 57.8 Å². The normalized spacial score (nSPS) is 18.9. The molecule has 1 unspecified atom stereocenters. The highest BCUT2D eigenvalue weighted by Crippen LogP contribution is 2.32. The Morgan fingerprint density at radius 2 is 1.94 bits per heavy atom. The zero-order valence-electron chi connectivity index (χ0n) is 10.1. The highest BCUT2D eigenvalue weighted by molar-refractivity contribution is 5.19. The van der Waals surface area contributed by atoms with Gasteiger partial charge in [0.05, 0.1) is 0 Å². The lowest BCUT2D eigenvalue weighted by molar-refractivity contribution is 0.618. The second kappa shape index (κ2) is 4.76. The number of rotatable bonds is 3. The zero-order chi connectivity index (χ0) is 11.5. The molecule has 0 spiro atoms. The highest BCUT2D eigenvalue weighted by Gasteiger charge is 2.21. The van der Waals surface area contributed by atoms with Gasteiger partial charge in [-0.3, -0.25) is 0 Å². The third-order valence-electron chi connectivity index (χ3n) is 3.46. The van der Waals surface area contributed by atoms with E-state index in [0.717, 1.165) is 18.1 Å². The first-order chi connectivity index (χ1) is 7.70. The molecule has 0 aromatic carbocycles. The number of aromatic nitrogens is 3. The number of nitrogen functional groups attached to an aromatic ring is 1. The SMILES string of the molecule is CCC(C)c1nc(N)nc(C2CCCC2)n1. The van der Waals surface area contributed by atoms with Gasteiger partial charge in [0, 0.05) is 11.8 Å². The summed E-state index contributed by atoms with van der Waals surface area (Å²) in [6, 6.07) is 0. The van der Waals surface area contributed by atoms with Gasteiger partial charge in [-0.2, -0.15) is 9.97 Å². The van der Waals surface area contributed by atoms with Gasteiger partial charge in [0.15, 0.2) is 0 Å². The van der Waals surface area contributed by atoms with Crippen molar-refractivity contribution in [3.8, 4) is 0 Å². The smallest absolute Gasteiger partial charge is 0.223 e. The largest absolute Gasteiger partial charge is 0.368 e. The molecule has 0 aliphatic heterocycles. The van der Waals surface area contributed by atoms with Gasteiger partial charge >= 0.3 is 0 Å². The number of hydrogen-bond acceptors (Lipinski definition) is 4. The fourth-order valence-electron chi connectivity index (χ4n) is 2.20. The molecule has 2 rings (SSSR count). The fourth-order valence-corrected chi connectivity index (χ4v) is 2.20. The fraction of sp³-hybridized carbons (Fsp3) is 0.750. The van der Waals surface area contributed by atoms with Crippen LogP contribution in [0.4, 0.5) is 5.95 Å². The molecule has 16 heavy (non-hydrogen) atoms. The monoisotopic (exact) mass is 220 g/mol. The molecule has 0 saturated heterocycles. The first kappa shape index (κ1) is 11.3. The topological polar surface area (TPSA) is 64.7 Å². The molecular formula is C12H20N4. The van der Waals surface area contributed by atoms with Crippen molar-refractivity contribution < 1.29 is 0 Å². The van der Waals surface area contributed by atoms with E-state index in [-0.39, 0.29) is 0 Å². The number of nitrogens with two attached hydrogens (primary N) is 1. The molecule has 1 atom stereocenters. The van der Waals surface area contributed by atoms with Crippen LogP contribution in [0.5, 0.6) is 0 Å². The minimum atomic E-state index is 0.366. The van der Waals surface area contributed by atoms with Crippen LogP contribution in [0.15, 0.2) is 0 Å². The van der Waals surface area contributed by atoms with Gasteiger partial charge in [-0.1, -0.05) is 26.7 Å². The van der Waals surface area contributed by atoms with Gasteiger partial charge in [-0.15, -0.1) is 0 Å². The van der Waals surface area contributed by atoms with Crippen LogP contribution in [0.25, 0.3) is 0 Å². The van der Waals surface area contributed by atoms with E-state index in [9.17, 15) is 0 Å². The van der Waals surface area contributed by atoms with Gasteiger partial charge < -0.3 is 5.73 Å². The van der Waals surface area contributed by atoms with E-state index in [1.165, 1.54) is 25.7 Å². The number of nitrogens with zero attached hydrogens (tertiary/aromatic N) is 3. The van der Waals surface area contributed by atoms with Gasteiger partial charge in [0.2, 0.25) is 5.95 Å². The Morgan fingerprint density at radius 3 is 2.56 bits per heavy atom. The second-order valence-electron chi connectivity index (χ2n) is 4.70. The molecule has 1 fully saturated rings. The van der Waals surface area contributed by atoms with E-state index < -0.39 is 0 Å². The van der Waals surface area contributed by atoms with Crippen molar-refractivity contribution in [1.29, 1.82) is 0 Å². The van der Waals surface area contributed by atoms with E-state index in [0.29, 0.717) is 17.8 Å². The maximum absolute atomic E-state index is 5.76. The molecule has 1 aromatic heterocycles. The molecule has 0 bridgehead atoms. The Labute approximate surface area is 96.7 Å². The van der Waals surface area contributed by atoms with Crippen molar-refractivity contribution in [3.63, 3.8) is 0 Å². The first-order valence-corrected chi connectivity index (χ1v) is 6.22. The molecular weight excluding hydrogens is 200 g/mol. The summed E-state index contributed by atoms with van der Waals surface area (Å²) in [4.78, 5) is 13.1. The molecule has 4 nitrogen and oxygen atoms in total. The highest BCUT2D eigenvalue weighted by atomic mass is 15.1. The Balaban J connectivity index is 2.27. The quantitative estimate of drug-likeness (QED) is 0.850. The molecule has 1 aliphatic rings. The van der Waals surface area contributed by atoms with Crippen LogP contribution in [0.2, 0.25) is 0 Å². The van der Waals surface area contributed by atoms with E-state index in [1.807, 2.05) is 0 Å². The summed E-state index contributed by atoms with van der Waals surface area (Å²) in [6.45, 7) is 4.27. The lowest BCUT2D eigenvalue weighted by atomic mass is 10.1. The first-order valence-electron chi connectivity index (χ1n) is 6.22. The minimum absolute atomic E-state index is 0.366. The summed E-state index contributed by atoms with van der Waals surface area (Å²) in [5.41, 5.74) is 5.76. The van der Waals surface area contributed by atoms with Crippen molar-refractivity contribution in [1.82, 2.24) is 15.0 Å². The second-order valence-corrected chi connectivity index (χ2v) is 4.70. The standard InChI is InChI=1S/C12H20N4/c1-3-8(2)10-14-11(16-12(13)15-10)9-6-4-5-7-9/h8-9H,3-7H2,1-2H3,(H2,13,14,15,16). The lowest BCUT2D eigenvalue weighted by Crippen LogP contribution is -2.11. The summed E-state index contributed by atoms with van der Waals surface area (Å²) in [6.07, 6.45) is 6.00. The summed E-state index contributed by atoms with van der Waals surface area (Å²) < 4.78 is 0. The maximum atomic E-state index is 5.76. The zero-order valence-corrected chi connectivity index (χ0v) is 10.1. The van der Waals surface area contributed by atoms with Crippen LogP contribution >= 0.6 is 0 Å². The lowest BCUT2D eigenvalue weighted by Gasteiger charge is -2.12. The summed E-state index contributed by atoms with van der Waals surface area (Å²) in [7, 11) is 0. The van der Waals surface area contributed by atoms with Crippen LogP contribution in [0, 0.1) is 0 Å². The van der Waals surface area contributed by atoms with Crippen molar-refractivity contribution in [2.24, 2.45) is 0 Å². The minimum Gasteiger partial charge on any atom is -0.368 e. The molecule has 1 saturated carbocycles. The van der Waals surface area contributed by atoms with Crippen molar-refractivity contribution >= 4 is 5.95 Å². The van der Waals surface area contributed by atoms with Gasteiger partial charge in [-0.05, 0) is 19.3 Å². The van der Waals surface area contributed by atoms with Gasteiger partial charge in [0.1, 0.15) is 11.6 Å². The van der Waals surface area contributed by atoms with Crippen LogP contribution in [-0.4, -0.2) is 15.0 Å². The molecule has 1 heterocycles. The Morgan fingerprint density at radius 1 is 1.25 bits per heavy atom. The van der Waals surface area contributed by atoms with Crippen LogP contribution < -0.4 is 5.73 Å². The van der Waals surface area contributed by atoms with Crippen LogP contribution in [0.3, 0.4) is 0 Å². The number of hydrogen-bond donors (Lipinski definition) is 1. The van der Waals surface area contributed by atoms with E-state index in [1.54, 1.807) is 0 Å². The summed E-state index contributed by atoms with van der Waals surface area (Å²) >= 11 is 0. The number of anilines is 1. The molecule has 88 valence electrons. The maximum Gasteiger partial charge on any atom is 0.223 e. The molecule has 1 aliphatic carbocycles. The summed E-state index contributed by atoms with van der Waals surface area (Å²) in [5, 5.41) is 0. The van der Waals surface area contributed by atoms with Crippen molar-refractivity contribution in [2.75, 3.05) is 5.73 Å².